The van der Waals surface area contributed by atoms with Crippen LogP contribution in [-0.2, 0) is 4.79 Å². The number of amides is 1. The number of piperidine rings is 1. The summed E-state index contributed by atoms with van der Waals surface area (Å²) in [6.07, 6.45) is 2.10. The van der Waals surface area contributed by atoms with Gasteiger partial charge >= 0.3 is 0 Å². The first-order valence-electron chi connectivity index (χ1n) is 10.1. The van der Waals surface area contributed by atoms with Crippen LogP contribution in [0.3, 0.4) is 0 Å². The van der Waals surface area contributed by atoms with E-state index in [-0.39, 0.29) is 17.7 Å². The number of nitrogens with zero attached hydrogens (tertiary/aromatic N) is 2. The Balaban J connectivity index is 1.73. The molecule has 30 heavy (non-hydrogen) atoms. The highest BCUT2D eigenvalue weighted by atomic mass is 79.9. The van der Waals surface area contributed by atoms with Gasteiger partial charge in [0.1, 0.15) is 17.2 Å². The number of ether oxygens (including phenoxy) is 1. The van der Waals surface area contributed by atoms with Crippen molar-refractivity contribution in [1.82, 2.24) is 10.2 Å². The minimum absolute atomic E-state index is 0.0925. The molecule has 4 rings (SSSR count). The molecule has 0 aliphatic carbocycles. The van der Waals surface area contributed by atoms with Crippen LogP contribution in [-0.4, -0.2) is 47.5 Å². The van der Waals surface area contributed by atoms with E-state index in [9.17, 15) is 9.90 Å². The molecular formula is C23H26BrN3O3. The predicted molar refractivity (Wildman–Crippen MR) is 120 cm³/mol. The Morgan fingerprint density at radius 1 is 1.27 bits per heavy atom. The first kappa shape index (κ1) is 20.9. The van der Waals surface area contributed by atoms with Gasteiger partial charge in [0.05, 0.1) is 7.11 Å². The quantitative estimate of drug-likeness (QED) is 0.708. The number of carbonyl (C=O) groups is 1. The fraction of sp³-hybridized carbons (Fsp3) is 0.391. The van der Waals surface area contributed by atoms with Crippen LogP contribution in [0.25, 0.3) is 0 Å². The molecule has 1 saturated heterocycles. The average molecular weight is 472 g/mol. The van der Waals surface area contributed by atoms with Crippen molar-refractivity contribution in [2.24, 2.45) is 4.99 Å². The van der Waals surface area contributed by atoms with Gasteiger partial charge in [-0.15, -0.1) is 0 Å². The Bertz CT molecular complexity index is 983. The van der Waals surface area contributed by atoms with E-state index < -0.39 is 5.66 Å². The minimum atomic E-state index is -0.470. The predicted octanol–water partition coefficient (Wildman–Crippen LogP) is 4.03. The largest absolute Gasteiger partial charge is 0.508 e. The van der Waals surface area contributed by atoms with E-state index in [0.29, 0.717) is 19.5 Å². The zero-order chi connectivity index (χ0) is 21.3. The molecule has 2 aromatic rings. The third-order valence-corrected chi connectivity index (χ3v) is 6.49. The molecule has 6 nitrogen and oxygen atoms in total. The Kier molecular flexibility index (Phi) is 5.84. The second kappa shape index (κ2) is 8.40. The highest BCUT2D eigenvalue weighted by molar-refractivity contribution is 9.10. The van der Waals surface area contributed by atoms with E-state index in [4.69, 9.17) is 9.73 Å². The van der Waals surface area contributed by atoms with Gasteiger partial charge in [-0.1, -0.05) is 28.1 Å². The van der Waals surface area contributed by atoms with E-state index in [1.54, 1.807) is 20.1 Å². The van der Waals surface area contributed by atoms with Gasteiger partial charge in [0.2, 0.25) is 5.91 Å². The van der Waals surface area contributed by atoms with Gasteiger partial charge < -0.3 is 14.7 Å². The summed E-state index contributed by atoms with van der Waals surface area (Å²) in [6.45, 7) is 2.93. The number of phenolic OH excluding ortho intramolecular Hbond substituents is 1. The van der Waals surface area contributed by atoms with Crippen LogP contribution in [0.2, 0.25) is 0 Å². The number of methoxy groups -OCH3 is 1. The molecule has 1 fully saturated rings. The van der Waals surface area contributed by atoms with Crippen molar-refractivity contribution in [2.75, 3.05) is 20.2 Å². The number of hydrogen-bond acceptors (Lipinski definition) is 5. The van der Waals surface area contributed by atoms with Crippen LogP contribution >= 0.6 is 15.9 Å². The molecule has 0 aromatic heterocycles. The van der Waals surface area contributed by atoms with Crippen LogP contribution in [0, 0.1) is 0 Å². The summed E-state index contributed by atoms with van der Waals surface area (Å²) in [5, 5.41) is 14.3. The van der Waals surface area contributed by atoms with Gasteiger partial charge in [-0.05, 0) is 35.9 Å². The topological polar surface area (TPSA) is 74.2 Å². The number of nitrogens with one attached hydrogen (secondary N) is 1. The van der Waals surface area contributed by atoms with E-state index in [1.165, 1.54) is 0 Å². The van der Waals surface area contributed by atoms with Crippen LogP contribution in [0.15, 0.2) is 51.9 Å². The summed E-state index contributed by atoms with van der Waals surface area (Å²) >= 11 is 3.52. The maximum absolute atomic E-state index is 11.8. The zero-order valence-corrected chi connectivity index (χ0v) is 18.8. The smallest absolute Gasteiger partial charge is 0.219 e. The van der Waals surface area contributed by atoms with Crippen molar-refractivity contribution in [3.05, 3.63) is 58.1 Å². The number of phenols is 1. The fourth-order valence-corrected chi connectivity index (χ4v) is 4.71. The number of likely N-dealkylation sites (tertiary alicyclic amines) is 1. The lowest BCUT2D eigenvalue weighted by Crippen LogP contribution is -2.56. The van der Waals surface area contributed by atoms with Gasteiger partial charge in [0.25, 0.3) is 0 Å². The summed E-state index contributed by atoms with van der Waals surface area (Å²) < 4.78 is 6.33. The molecule has 0 saturated carbocycles. The monoisotopic (exact) mass is 471 g/mol. The summed E-state index contributed by atoms with van der Waals surface area (Å²) in [7, 11) is 1.66. The molecule has 2 aliphatic heterocycles. The Hall–Kier alpha value is -2.38. The number of benzene rings is 2. The maximum atomic E-state index is 11.8. The summed E-state index contributed by atoms with van der Waals surface area (Å²) in [5.74, 6) is 1.15. The molecule has 2 aromatic carbocycles. The van der Waals surface area contributed by atoms with E-state index in [2.05, 4.69) is 21.2 Å². The molecule has 2 N–H and O–H groups in total. The summed E-state index contributed by atoms with van der Waals surface area (Å²) in [5.41, 5.74) is 2.37. The second-order valence-corrected chi connectivity index (χ2v) is 8.85. The Labute approximate surface area is 185 Å². The van der Waals surface area contributed by atoms with Gasteiger partial charge in [0, 0.05) is 61.1 Å². The highest BCUT2D eigenvalue weighted by Crippen LogP contribution is 2.38. The van der Waals surface area contributed by atoms with Gasteiger partial charge in [-0.3, -0.25) is 15.1 Å². The molecule has 2 heterocycles. The van der Waals surface area contributed by atoms with Crippen LogP contribution in [0.4, 0.5) is 0 Å². The van der Waals surface area contributed by atoms with Crippen molar-refractivity contribution >= 4 is 27.5 Å². The van der Waals surface area contributed by atoms with Crippen LogP contribution in [0.5, 0.6) is 11.5 Å². The SMILES string of the molecule is COc1cccc(C2=NC3(CCN(C(C)=O)CC3)N[C@H](c3cc(Br)ccc3O)C2)c1. The number of rotatable bonds is 3. The standard InChI is InChI=1S/C23H26BrN3O3/c1-15(28)27-10-8-23(9-11-27)25-20(16-4-3-5-18(12-16)30-2)14-21(26-23)19-13-17(24)6-7-22(19)29/h3-7,12-13,21,26,29H,8-11,14H2,1-2H3/t21-/m0/s1. The summed E-state index contributed by atoms with van der Waals surface area (Å²) in [6, 6.07) is 13.3. The molecular weight excluding hydrogens is 446 g/mol. The van der Waals surface area contributed by atoms with E-state index >= 15 is 0 Å². The minimum Gasteiger partial charge on any atom is -0.508 e. The molecule has 7 heteroatoms. The average Bonchev–Trinajstić information content (AvgIpc) is 2.75. The van der Waals surface area contributed by atoms with E-state index in [1.807, 2.05) is 41.3 Å². The van der Waals surface area contributed by atoms with E-state index in [0.717, 1.165) is 39.9 Å². The van der Waals surface area contributed by atoms with Gasteiger partial charge in [-0.25, -0.2) is 0 Å². The lowest BCUT2D eigenvalue weighted by atomic mass is 9.87. The lowest BCUT2D eigenvalue weighted by molar-refractivity contribution is -0.130. The van der Waals surface area contributed by atoms with Gasteiger partial charge in [-0.2, -0.15) is 0 Å². The molecule has 1 spiro atoms. The number of aliphatic imine (C=N–C) groups is 1. The second-order valence-electron chi connectivity index (χ2n) is 7.93. The number of aromatic hydroxyl groups is 1. The Morgan fingerprint density at radius 3 is 2.73 bits per heavy atom. The van der Waals surface area contributed by atoms with Crippen molar-refractivity contribution in [3.8, 4) is 11.5 Å². The third-order valence-electron chi connectivity index (χ3n) is 5.99. The van der Waals surface area contributed by atoms with Crippen molar-refractivity contribution in [2.45, 2.75) is 37.9 Å². The first-order chi connectivity index (χ1) is 14.4. The zero-order valence-electron chi connectivity index (χ0n) is 17.2. The first-order valence-corrected chi connectivity index (χ1v) is 10.9. The lowest BCUT2D eigenvalue weighted by Gasteiger charge is -2.45. The number of hydrogen-bond donors (Lipinski definition) is 2. The molecule has 1 atom stereocenters. The van der Waals surface area contributed by atoms with Crippen LogP contribution < -0.4 is 10.1 Å². The highest BCUT2D eigenvalue weighted by Gasteiger charge is 2.41. The summed E-state index contributed by atoms with van der Waals surface area (Å²) in [4.78, 5) is 18.8. The maximum Gasteiger partial charge on any atom is 0.219 e. The fourth-order valence-electron chi connectivity index (χ4n) is 4.33. The molecule has 158 valence electrons. The Morgan fingerprint density at radius 2 is 2.03 bits per heavy atom. The molecule has 0 radical (unpaired) electrons. The molecule has 0 unspecified atom stereocenters. The number of carbonyl (C=O) groups excluding carboxylic acids is 1. The normalized spacial score (nSPS) is 20.7. The van der Waals surface area contributed by atoms with Crippen molar-refractivity contribution in [1.29, 1.82) is 0 Å². The third kappa shape index (κ3) is 4.23. The van der Waals surface area contributed by atoms with Gasteiger partial charge in [0.15, 0.2) is 0 Å². The molecule has 2 aliphatic rings. The number of halogens is 1. The molecule has 0 bridgehead atoms. The van der Waals surface area contributed by atoms with Crippen molar-refractivity contribution in [3.63, 3.8) is 0 Å². The van der Waals surface area contributed by atoms with Crippen molar-refractivity contribution < 1.29 is 14.6 Å². The van der Waals surface area contributed by atoms with Crippen LogP contribution in [0.1, 0.15) is 43.4 Å². The molecule has 1 amide bonds.